The normalized spacial score (nSPS) is 16.6. The highest BCUT2D eigenvalue weighted by atomic mass is 19.1. The number of carbonyl (C=O) groups excluding carboxylic acids is 2. The van der Waals surface area contributed by atoms with Crippen LogP contribution in [0.2, 0.25) is 0 Å². The molecule has 2 aromatic rings. The van der Waals surface area contributed by atoms with E-state index in [1.54, 1.807) is 6.07 Å². The Labute approximate surface area is 186 Å². The third kappa shape index (κ3) is 4.58. The molecule has 0 radical (unpaired) electrons. The lowest BCUT2D eigenvalue weighted by Gasteiger charge is -2.32. The van der Waals surface area contributed by atoms with Gasteiger partial charge < -0.3 is 20.1 Å². The predicted molar refractivity (Wildman–Crippen MR) is 121 cm³/mol. The number of carbonyl (C=O) groups is 1. The van der Waals surface area contributed by atoms with E-state index >= 15 is 0 Å². The zero-order valence-corrected chi connectivity index (χ0v) is 18.7. The zero-order chi connectivity index (χ0) is 22.8. The Balaban J connectivity index is 1.49. The number of benzene rings is 1. The number of fused-ring (bicyclic) bond motifs is 1. The number of hydrogen-bond donors (Lipinski definition) is 2. The monoisotopic (exact) mass is 437 g/mol. The highest BCUT2D eigenvalue weighted by molar-refractivity contribution is 5.92. The Morgan fingerprint density at radius 3 is 2.72 bits per heavy atom. The van der Waals surface area contributed by atoms with Crippen LogP contribution in [0.3, 0.4) is 0 Å². The molecule has 3 heterocycles. The van der Waals surface area contributed by atoms with E-state index in [1.165, 1.54) is 12.1 Å². The van der Waals surface area contributed by atoms with Crippen molar-refractivity contribution in [2.24, 2.45) is 4.99 Å². The first kappa shape index (κ1) is 22.1. The first-order valence-corrected chi connectivity index (χ1v) is 10.9. The fourth-order valence-corrected chi connectivity index (χ4v) is 4.32. The number of anilines is 1. The lowest BCUT2D eigenvalue weighted by molar-refractivity contribution is -0.116. The Bertz CT molecular complexity index is 1220. The lowest BCUT2D eigenvalue weighted by Crippen LogP contribution is -2.45. The molecule has 0 spiro atoms. The third-order valence-corrected chi connectivity index (χ3v) is 6.31. The summed E-state index contributed by atoms with van der Waals surface area (Å²) in [5.41, 5.74) is 4.18. The molecular formula is C24H28FN5O2. The van der Waals surface area contributed by atoms with Crippen molar-refractivity contribution in [1.29, 1.82) is 0 Å². The van der Waals surface area contributed by atoms with Crippen LogP contribution in [0.25, 0.3) is 5.57 Å². The molecule has 2 aliphatic rings. The van der Waals surface area contributed by atoms with Crippen LogP contribution >= 0.6 is 0 Å². The summed E-state index contributed by atoms with van der Waals surface area (Å²) in [6.45, 7) is 8.58. The molecule has 1 amide bonds. The first-order chi connectivity index (χ1) is 15.4. The Kier molecular flexibility index (Phi) is 6.37. The van der Waals surface area contributed by atoms with Gasteiger partial charge in [-0.2, -0.15) is 0 Å². The molecule has 1 aromatic heterocycles. The Morgan fingerprint density at radius 1 is 1.25 bits per heavy atom. The van der Waals surface area contributed by atoms with Crippen molar-refractivity contribution in [1.82, 2.24) is 14.8 Å². The molecule has 0 atom stereocenters. The number of aromatic nitrogens is 1. The zero-order valence-electron chi connectivity index (χ0n) is 18.7. The number of nitrogens with one attached hydrogen (secondary N) is 2. The molecule has 0 aliphatic carbocycles. The van der Waals surface area contributed by atoms with Crippen LogP contribution in [0.15, 0.2) is 28.9 Å². The molecule has 1 aromatic carbocycles. The minimum Gasteiger partial charge on any atom is -0.360 e. The molecule has 168 valence electrons. The van der Waals surface area contributed by atoms with E-state index in [1.807, 2.05) is 19.8 Å². The number of halogens is 1. The van der Waals surface area contributed by atoms with Crippen LogP contribution in [0.1, 0.15) is 23.4 Å². The number of hydrogen-bond acceptors (Lipinski definition) is 5. The van der Waals surface area contributed by atoms with Crippen LogP contribution in [-0.2, 0) is 16.0 Å². The van der Waals surface area contributed by atoms with Gasteiger partial charge in [0, 0.05) is 67.7 Å². The molecule has 8 heteroatoms. The van der Waals surface area contributed by atoms with Crippen LogP contribution in [0.5, 0.6) is 0 Å². The van der Waals surface area contributed by atoms with E-state index in [2.05, 4.69) is 32.1 Å². The van der Waals surface area contributed by atoms with Gasteiger partial charge in [0.2, 0.25) is 5.91 Å². The second kappa shape index (κ2) is 9.20. The van der Waals surface area contributed by atoms with E-state index in [0.717, 1.165) is 55.4 Å². The van der Waals surface area contributed by atoms with Crippen LogP contribution in [-0.4, -0.2) is 66.4 Å². The molecule has 0 bridgehead atoms. The second-order valence-electron chi connectivity index (χ2n) is 8.55. The maximum atomic E-state index is 13.8. The van der Waals surface area contributed by atoms with Crippen molar-refractivity contribution in [2.75, 3.05) is 45.1 Å². The highest BCUT2D eigenvalue weighted by Crippen LogP contribution is 2.27. The van der Waals surface area contributed by atoms with Gasteiger partial charge in [-0.3, -0.25) is 4.79 Å². The minimum absolute atomic E-state index is 0.0231. The minimum atomic E-state index is -0.378. The molecular weight excluding hydrogens is 409 g/mol. The van der Waals surface area contributed by atoms with Crippen molar-refractivity contribution < 1.29 is 14.0 Å². The van der Waals surface area contributed by atoms with Crippen LogP contribution < -0.4 is 15.9 Å². The van der Waals surface area contributed by atoms with Crippen molar-refractivity contribution >= 4 is 23.1 Å². The topological polar surface area (TPSA) is 80.8 Å². The molecule has 2 N–H and O–H groups in total. The number of piperazine rings is 1. The summed E-state index contributed by atoms with van der Waals surface area (Å²) in [5.74, 6) is 1.47. The third-order valence-electron chi connectivity index (χ3n) is 6.31. The molecule has 0 unspecified atom stereocenters. The summed E-state index contributed by atoms with van der Waals surface area (Å²) in [5, 5.41) is 4.21. The first-order valence-electron chi connectivity index (χ1n) is 10.9. The summed E-state index contributed by atoms with van der Waals surface area (Å²) in [6.07, 6.45) is 0.804. The van der Waals surface area contributed by atoms with Crippen molar-refractivity contribution in [3.8, 4) is 0 Å². The molecule has 1 fully saturated rings. The molecule has 7 nitrogen and oxygen atoms in total. The van der Waals surface area contributed by atoms with Crippen molar-refractivity contribution in [3.63, 3.8) is 0 Å². The Morgan fingerprint density at radius 2 is 2.00 bits per heavy atom. The quantitative estimate of drug-likeness (QED) is 0.663. The maximum Gasteiger partial charge on any atom is 0.225 e. The Hall–Kier alpha value is -3.06. The van der Waals surface area contributed by atoms with Gasteiger partial charge in [-0.1, -0.05) is 0 Å². The summed E-state index contributed by atoms with van der Waals surface area (Å²) >= 11 is 0. The van der Waals surface area contributed by atoms with Crippen molar-refractivity contribution in [3.05, 3.63) is 57.2 Å². The fourth-order valence-electron chi connectivity index (χ4n) is 4.32. The van der Waals surface area contributed by atoms with E-state index in [4.69, 9.17) is 0 Å². The number of aryl methyl sites for hydroxylation is 1. The van der Waals surface area contributed by atoms with Gasteiger partial charge in [-0.05, 0) is 44.7 Å². The molecule has 0 saturated carbocycles. The number of rotatable bonds is 6. The van der Waals surface area contributed by atoms with E-state index in [-0.39, 0.29) is 17.4 Å². The van der Waals surface area contributed by atoms with Crippen LogP contribution in [0, 0.1) is 19.7 Å². The number of nitrogens with zero attached hydrogens (tertiary/aromatic N) is 3. The van der Waals surface area contributed by atoms with Gasteiger partial charge in [0.05, 0.1) is 11.0 Å². The number of allylic oxidation sites excluding steroid dienone is 1. The van der Waals surface area contributed by atoms with Crippen molar-refractivity contribution in [2.45, 2.75) is 26.7 Å². The lowest BCUT2D eigenvalue weighted by atomic mass is 10.0. The average Bonchev–Trinajstić information content (AvgIpc) is 3.25. The number of aromatic amines is 1. The van der Waals surface area contributed by atoms with Gasteiger partial charge >= 0.3 is 0 Å². The SMILES string of the molecule is Cc1[nH]c(CC2=c3cc(F)ccc3=NC2=C=O)c(C)c1NC(=O)CCN1CCN(C)CC1. The van der Waals surface area contributed by atoms with Gasteiger partial charge in [0.25, 0.3) is 0 Å². The maximum absolute atomic E-state index is 13.8. The van der Waals surface area contributed by atoms with E-state index in [0.29, 0.717) is 29.0 Å². The molecule has 1 saturated heterocycles. The van der Waals surface area contributed by atoms with Gasteiger partial charge in [-0.15, -0.1) is 0 Å². The van der Waals surface area contributed by atoms with E-state index in [9.17, 15) is 14.0 Å². The smallest absolute Gasteiger partial charge is 0.225 e. The van der Waals surface area contributed by atoms with Gasteiger partial charge in [-0.25, -0.2) is 14.2 Å². The summed E-state index contributed by atoms with van der Waals surface area (Å²) in [4.78, 5) is 36.2. The standard InChI is InChI=1S/C24H28FN5O2/c1-15-21(13-19-18-12-17(25)4-5-20(18)27-22(19)14-31)26-16(2)24(15)28-23(32)6-7-30-10-8-29(3)9-11-30/h4-5,12,26H,6-11,13H2,1-3H3,(H,28,32). The molecule has 4 rings (SSSR count). The average molecular weight is 438 g/mol. The van der Waals surface area contributed by atoms with Crippen LogP contribution in [0.4, 0.5) is 10.1 Å². The van der Waals surface area contributed by atoms with E-state index < -0.39 is 0 Å². The number of H-pyrrole nitrogens is 1. The predicted octanol–water partition coefficient (Wildman–Crippen LogP) is 1.09. The summed E-state index contributed by atoms with van der Waals surface area (Å²) < 4.78 is 13.8. The molecule has 2 aliphatic heterocycles. The summed E-state index contributed by atoms with van der Waals surface area (Å²) in [7, 11) is 2.11. The second-order valence-corrected chi connectivity index (χ2v) is 8.55. The van der Waals surface area contributed by atoms with Gasteiger partial charge in [0.1, 0.15) is 5.82 Å². The fraction of sp³-hybridized carbons (Fsp3) is 0.417. The number of likely N-dealkylation sites (N-methyl/N-ethyl adjacent to an activating group) is 1. The largest absolute Gasteiger partial charge is 0.360 e. The summed E-state index contributed by atoms with van der Waals surface area (Å²) in [6, 6.07) is 4.28. The number of amides is 1. The van der Waals surface area contributed by atoms with Gasteiger partial charge in [0.15, 0.2) is 11.6 Å². The molecule has 32 heavy (non-hydrogen) atoms. The highest BCUT2D eigenvalue weighted by Gasteiger charge is 2.21.